The Hall–Kier alpha value is -6.22. The summed E-state index contributed by atoms with van der Waals surface area (Å²) in [5.41, 5.74) is 15.9. The lowest BCUT2D eigenvalue weighted by molar-refractivity contribution is 0.660. The highest BCUT2D eigenvalue weighted by molar-refractivity contribution is 7.26. The van der Waals surface area contributed by atoms with Gasteiger partial charge < -0.3 is 4.90 Å². The molecule has 0 unspecified atom stereocenters. The lowest BCUT2D eigenvalue weighted by atomic mass is 9.82. The molecule has 0 saturated carbocycles. The van der Waals surface area contributed by atoms with E-state index in [4.69, 9.17) is 0 Å². The molecular formula is C51H37NS. The van der Waals surface area contributed by atoms with Gasteiger partial charge >= 0.3 is 0 Å². The van der Waals surface area contributed by atoms with Crippen LogP contribution in [0.4, 0.5) is 17.1 Å². The van der Waals surface area contributed by atoms with Gasteiger partial charge in [-0.3, -0.25) is 0 Å². The van der Waals surface area contributed by atoms with Crippen molar-refractivity contribution in [2.24, 2.45) is 0 Å². The standard InChI is InChI=1S/C51H37NS/c1-51(2)46-22-11-9-18-40(46)41-31-29-39(33-47(41)51)52(38-27-24-36(25-28-38)34-14-5-3-6-15-34)48-32-37(35-16-7-4-8-17-35)26-30-42(48)44-20-13-21-45-43-19-10-12-23-49(43)53-50(44)45/h3-33H,1-2H3. The first-order chi connectivity index (χ1) is 26.0. The average molecular weight is 696 g/mol. The summed E-state index contributed by atoms with van der Waals surface area (Å²) in [6.07, 6.45) is 0. The van der Waals surface area contributed by atoms with E-state index in [1.807, 2.05) is 11.3 Å². The molecule has 10 rings (SSSR count). The topological polar surface area (TPSA) is 3.24 Å². The number of fused-ring (bicyclic) bond motifs is 6. The van der Waals surface area contributed by atoms with Crippen LogP contribution in [0, 0.1) is 0 Å². The van der Waals surface area contributed by atoms with Gasteiger partial charge in [0.2, 0.25) is 0 Å². The van der Waals surface area contributed by atoms with Gasteiger partial charge in [-0.25, -0.2) is 0 Å². The maximum atomic E-state index is 2.49. The van der Waals surface area contributed by atoms with Gasteiger partial charge in [0.15, 0.2) is 0 Å². The van der Waals surface area contributed by atoms with Gasteiger partial charge in [0.1, 0.15) is 0 Å². The molecule has 1 aliphatic carbocycles. The van der Waals surface area contributed by atoms with E-state index in [0.717, 1.165) is 17.1 Å². The Balaban J connectivity index is 1.24. The van der Waals surface area contributed by atoms with E-state index in [0.29, 0.717) is 0 Å². The molecule has 0 fully saturated rings. The third-order valence-electron chi connectivity index (χ3n) is 11.1. The molecule has 53 heavy (non-hydrogen) atoms. The van der Waals surface area contributed by atoms with Gasteiger partial charge in [-0.15, -0.1) is 11.3 Å². The van der Waals surface area contributed by atoms with E-state index in [2.05, 4.69) is 207 Å². The molecule has 1 heterocycles. The van der Waals surface area contributed by atoms with Crippen molar-refractivity contribution in [2.75, 3.05) is 4.90 Å². The highest BCUT2D eigenvalue weighted by Crippen LogP contribution is 2.52. The van der Waals surface area contributed by atoms with Crippen molar-refractivity contribution < 1.29 is 0 Å². The molecule has 0 radical (unpaired) electrons. The monoisotopic (exact) mass is 695 g/mol. The first kappa shape index (κ1) is 31.5. The summed E-state index contributed by atoms with van der Waals surface area (Å²) < 4.78 is 2.62. The Kier molecular flexibility index (Phi) is 7.42. The van der Waals surface area contributed by atoms with Crippen LogP contribution in [0.5, 0.6) is 0 Å². The van der Waals surface area contributed by atoms with Crippen molar-refractivity contribution in [1.29, 1.82) is 0 Å². The van der Waals surface area contributed by atoms with Crippen molar-refractivity contribution in [3.63, 3.8) is 0 Å². The first-order valence-corrected chi connectivity index (χ1v) is 19.2. The molecule has 1 aromatic heterocycles. The second-order valence-electron chi connectivity index (χ2n) is 14.5. The minimum atomic E-state index is -0.123. The molecule has 0 spiro atoms. The van der Waals surface area contributed by atoms with E-state index in [-0.39, 0.29) is 5.41 Å². The highest BCUT2D eigenvalue weighted by atomic mass is 32.1. The van der Waals surface area contributed by atoms with Crippen LogP contribution in [0.1, 0.15) is 25.0 Å². The Morgan fingerprint density at radius 3 is 1.75 bits per heavy atom. The van der Waals surface area contributed by atoms with Crippen LogP contribution in [-0.4, -0.2) is 0 Å². The molecule has 1 nitrogen and oxygen atoms in total. The summed E-state index contributed by atoms with van der Waals surface area (Å²) in [5.74, 6) is 0. The van der Waals surface area contributed by atoms with Crippen LogP contribution in [0.25, 0.3) is 64.7 Å². The molecule has 0 amide bonds. The molecule has 0 bridgehead atoms. The van der Waals surface area contributed by atoms with Crippen LogP contribution in [-0.2, 0) is 5.41 Å². The molecule has 9 aromatic rings. The first-order valence-electron chi connectivity index (χ1n) is 18.3. The fourth-order valence-corrected chi connectivity index (χ4v) is 9.64. The van der Waals surface area contributed by atoms with E-state index in [1.54, 1.807) is 0 Å². The normalized spacial score (nSPS) is 12.9. The van der Waals surface area contributed by atoms with Crippen molar-refractivity contribution >= 4 is 48.6 Å². The van der Waals surface area contributed by atoms with Crippen LogP contribution < -0.4 is 4.90 Å². The molecule has 0 saturated heterocycles. The summed E-state index contributed by atoms with van der Waals surface area (Å²) in [6.45, 7) is 4.73. The summed E-state index contributed by atoms with van der Waals surface area (Å²) in [6, 6.07) is 69.1. The van der Waals surface area contributed by atoms with Gasteiger partial charge in [-0.2, -0.15) is 0 Å². The zero-order valence-electron chi connectivity index (χ0n) is 29.8. The number of anilines is 3. The smallest absolute Gasteiger partial charge is 0.0546 e. The molecule has 0 atom stereocenters. The quantitative estimate of drug-likeness (QED) is 0.167. The van der Waals surface area contributed by atoms with Gasteiger partial charge in [-0.1, -0.05) is 166 Å². The fraction of sp³-hybridized carbons (Fsp3) is 0.0588. The minimum Gasteiger partial charge on any atom is -0.310 e. The molecule has 2 heteroatoms. The minimum absolute atomic E-state index is 0.123. The van der Waals surface area contributed by atoms with Gasteiger partial charge in [0.25, 0.3) is 0 Å². The Bertz CT molecular complexity index is 2790. The Labute approximate surface area is 315 Å². The maximum Gasteiger partial charge on any atom is 0.0546 e. The average Bonchev–Trinajstić information content (AvgIpc) is 3.71. The van der Waals surface area contributed by atoms with Gasteiger partial charge in [-0.05, 0) is 80.9 Å². The van der Waals surface area contributed by atoms with E-state index < -0.39 is 0 Å². The Morgan fingerprint density at radius 2 is 0.962 bits per heavy atom. The molecule has 8 aromatic carbocycles. The number of nitrogens with zero attached hydrogens (tertiary/aromatic N) is 1. The number of hydrogen-bond acceptors (Lipinski definition) is 2. The molecule has 0 aliphatic heterocycles. The molecular weight excluding hydrogens is 659 g/mol. The Morgan fingerprint density at radius 1 is 0.396 bits per heavy atom. The zero-order valence-corrected chi connectivity index (χ0v) is 30.6. The fourth-order valence-electron chi connectivity index (χ4n) is 8.41. The van der Waals surface area contributed by atoms with Crippen molar-refractivity contribution in [2.45, 2.75) is 19.3 Å². The van der Waals surface area contributed by atoms with Crippen molar-refractivity contribution in [3.05, 3.63) is 199 Å². The summed E-state index contributed by atoms with van der Waals surface area (Å²) >= 11 is 1.89. The molecule has 252 valence electrons. The summed E-state index contributed by atoms with van der Waals surface area (Å²) in [7, 11) is 0. The van der Waals surface area contributed by atoms with E-state index in [9.17, 15) is 0 Å². The van der Waals surface area contributed by atoms with Gasteiger partial charge in [0.05, 0.1) is 5.69 Å². The van der Waals surface area contributed by atoms with Crippen LogP contribution >= 0.6 is 11.3 Å². The summed E-state index contributed by atoms with van der Waals surface area (Å²) in [4.78, 5) is 2.49. The maximum absolute atomic E-state index is 2.49. The van der Waals surface area contributed by atoms with Crippen LogP contribution in [0.3, 0.4) is 0 Å². The number of rotatable bonds is 6. The van der Waals surface area contributed by atoms with Gasteiger partial charge in [0, 0.05) is 48.1 Å². The van der Waals surface area contributed by atoms with Crippen LogP contribution in [0.2, 0.25) is 0 Å². The lowest BCUT2D eigenvalue weighted by Crippen LogP contribution is -2.17. The van der Waals surface area contributed by atoms with E-state index >= 15 is 0 Å². The number of benzene rings is 8. The number of hydrogen-bond donors (Lipinski definition) is 0. The van der Waals surface area contributed by atoms with Crippen LogP contribution in [0.15, 0.2) is 188 Å². The largest absolute Gasteiger partial charge is 0.310 e. The third kappa shape index (κ3) is 5.21. The predicted octanol–water partition coefficient (Wildman–Crippen LogP) is 14.8. The second-order valence-corrected chi connectivity index (χ2v) is 15.6. The highest BCUT2D eigenvalue weighted by Gasteiger charge is 2.36. The third-order valence-corrected chi connectivity index (χ3v) is 12.3. The van der Waals surface area contributed by atoms with Crippen molar-refractivity contribution in [3.8, 4) is 44.5 Å². The van der Waals surface area contributed by atoms with E-state index in [1.165, 1.54) is 75.8 Å². The second kappa shape index (κ2) is 12.5. The summed E-state index contributed by atoms with van der Waals surface area (Å²) in [5, 5.41) is 2.61. The zero-order chi connectivity index (χ0) is 35.5. The predicted molar refractivity (Wildman–Crippen MR) is 228 cm³/mol. The lowest BCUT2D eigenvalue weighted by Gasteiger charge is -2.30. The molecule has 0 N–H and O–H groups in total. The SMILES string of the molecule is CC1(C)c2ccccc2-c2ccc(N(c3ccc(-c4ccccc4)cc3)c3cc(-c4ccccc4)ccc3-c3cccc4c3sc3ccccc34)cc21. The number of thiophene rings is 1. The molecule has 1 aliphatic rings. The van der Waals surface area contributed by atoms with Crippen molar-refractivity contribution in [1.82, 2.24) is 0 Å².